The summed E-state index contributed by atoms with van der Waals surface area (Å²) in [6, 6.07) is 6.57. The zero-order valence-corrected chi connectivity index (χ0v) is 8.60. The summed E-state index contributed by atoms with van der Waals surface area (Å²) in [7, 11) is 1.30. The SMILES string of the molecule is COC(=O)[C@H](C)Oc1cccc(C=O)c1. The predicted molar refractivity (Wildman–Crippen MR) is 53.9 cm³/mol. The van der Waals surface area contributed by atoms with Crippen molar-refractivity contribution in [2.75, 3.05) is 7.11 Å². The highest BCUT2D eigenvalue weighted by atomic mass is 16.6. The third-order valence-electron chi connectivity index (χ3n) is 1.84. The number of carbonyl (C=O) groups excluding carboxylic acids is 2. The molecule has 0 saturated heterocycles. The monoisotopic (exact) mass is 208 g/mol. The van der Waals surface area contributed by atoms with Gasteiger partial charge in [0.2, 0.25) is 0 Å². The summed E-state index contributed by atoms with van der Waals surface area (Å²) in [6.45, 7) is 1.58. The molecule has 80 valence electrons. The van der Waals surface area contributed by atoms with E-state index in [9.17, 15) is 9.59 Å². The van der Waals surface area contributed by atoms with Gasteiger partial charge in [-0.1, -0.05) is 12.1 Å². The molecule has 0 aliphatic rings. The smallest absolute Gasteiger partial charge is 0.346 e. The highest BCUT2D eigenvalue weighted by Gasteiger charge is 2.14. The van der Waals surface area contributed by atoms with Crippen LogP contribution in [-0.2, 0) is 9.53 Å². The lowest BCUT2D eigenvalue weighted by Gasteiger charge is -2.12. The molecule has 1 aromatic rings. The molecule has 15 heavy (non-hydrogen) atoms. The van der Waals surface area contributed by atoms with Gasteiger partial charge in [-0.05, 0) is 19.1 Å². The molecule has 0 aromatic heterocycles. The summed E-state index contributed by atoms with van der Waals surface area (Å²) < 4.78 is 9.78. The van der Waals surface area contributed by atoms with Gasteiger partial charge in [0, 0.05) is 5.56 Å². The Morgan fingerprint density at radius 3 is 2.80 bits per heavy atom. The second-order valence-electron chi connectivity index (χ2n) is 2.97. The van der Waals surface area contributed by atoms with Gasteiger partial charge in [0.05, 0.1) is 7.11 Å². The molecule has 1 aromatic carbocycles. The van der Waals surface area contributed by atoms with Crippen LogP contribution in [0.15, 0.2) is 24.3 Å². The highest BCUT2D eigenvalue weighted by molar-refractivity contribution is 5.76. The van der Waals surface area contributed by atoms with Crippen molar-refractivity contribution in [3.8, 4) is 5.75 Å². The topological polar surface area (TPSA) is 52.6 Å². The van der Waals surface area contributed by atoms with E-state index in [1.54, 1.807) is 31.2 Å². The Balaban J connectivity index is 2.71. The molecule has 0 spiro atoms. The molecular weight excluding hydrogens is 196 g/mol. The van der Waals surface area contributed by atoms with Crippen LogP contribution in [0.1, 0.15) is 17.3 Å². The van der Waals surface area contributed by atoms with Crippen LogP contribution >= 0.6 is 0 Å². The number of rotatable bonds is 4. The average Bonchev–Trinajstić information content (AvgIpc) is 2.28. The number of methoxy groups -OCH3 is 1. The molecule has 0 N–H and O–H groups in total. The Morgan fingerprint density at radius 2 is 2.20 bits per heavy atom. The maximum absolute atomic E-state index is 11.1. The molecule has 0 amide bonds. The Morgan fingerprint density at radius 1 is 1.47 bits per heavy atom. The zero-order chi connectivity index (χ0) is 11.3. The van der Waals surface area contributed by atoms with Gasteiger partial charge in [-0.2, -0.15) is 0 Å². The molecule has 0 heterocycles. The molecule has 0 aliphatic heterocycles. The predicted octanol–water partition coefficient (Wildman–Crippen LogP) is 1.44. The lowest BCUT2D eigenvalue weighted by atomic mass is 10.2. The Hall–Kier alpha value is -1.84. The maximum Gasteiger partial charge on any atom is 0.346 e. The van der Waals surface area contributed by atoms with Gasteiger partial charge in [-0.25, -0.2) is 4.79 Å². The molecule has 0 unspecified atom stereocenters. The van der Waals surface area contributed by atoms with E-state index in [2.05, 4.69) is 4.74 Å². The normalized spacial score (nSPS) is 11.6. The first-order valence-corrected chi connectivity index (χ1v) is 4.47. The van der Waals surface area contributed by atoms with Crippen molar-refractivity contribution in [2.24, 2.45) is 0 Å². The van der Waals surface area contributed by atoms with Crippen LogP contribution in [0.5, 0.6) is 5.75 Å². The van der Waals surface area contributed by atoms with Crippen molar-refractivity contribution in [3.05, 3.63) is 29.8 Å². The van der Waals surface area contributed by atoms with Crippen LogP contribution in [0.25, 0.3) is 0 Å². The third-order valence-corrected chi connectivity index (χ3v) is 1.84. The Labute approximate surface area is 87.8 Å². The van der Waals surface area contributed by atoms with Gasteiger partial charge in [-0.15, -0.1) is 0 Å². The average molecular weight is 208 g/mol. The lowest BCUT2D eigenvalue weighted by Crippen LogP contribution is -2.24. The van der Waals surface area contributed by atoms with Crippen molar-refractivity contribution in [3.63, 3.8) is 0 Å². The third kappa shape index (κ3) is 3.09. The molecule has 0 aliphatic carbocycles. The van der Waals surface area contributed by atoms with Crippen molar-refractivity contribution >= 4 is 12.3 Å². The minimum Gasteiger partial charge on any atom is -0.479 e. The van der Waals surface area contributed by atoms with Gasteiger partial charge in [0.1, 0.15) is 12.0 Å². The number of aldehydes is 1. The molecule has 0 saturated carbocycles. The summed E-state index contributed by atoms with van der Waals surface area (Å²) in [6.07, 6.45) is 0.0345. The van der Waals surface area contributed by atoms with Crippen LogP contribution in [0.2, 0.25) is 0 Å². The summed E-state index contributed by atoms with van der Waals surface area (Å²) in [5.74, 6) is 0.0176. The van der Waals surface area contributed by atoms with E-state index in [-0.39, 0.29) is 0 Å². The van der Waals surface area contributed by atoms with E-state index in [1.807, 2.05) is 0 Å². The number of hydrogen-bond acceptors (Lipinski definition) is 4. The Kier molecular flexibility index (Phi) is 3.85. The number of carbonyl (C=O) groups is 2. The Bertz CT molecular complexity index is 359. The van der Waals surface area contributed by atoms with Crippen LogP contribution in [0.4, 0.5) is 0 Å². The van der Waals surface area contributed by atoms with Crippen LogP contribution in [0, 0.1) is 0 Å². The summed E-state index contributed by atoms with van der Waals surface area (Å²) in [5.41, 5.74) is 0.504. The van der Waals surface area contributed by atoms with Gasteiger partial charge in [0.25, 0.3) is 0 Å². The minimum atomic E-state index is -0.683. The molecule has 0 bridgehead atoms. The highest BCUT2D eigenvalue weighted by Crippen LogP contribution is 2.14. The standard InChI is InChI=1S/C11H12O4/c1-8(11(13)14-2)15-10-5-3-4-9(6-10)7-12/h3-8H,1-2H3/t8-/m0/s1. The molecule has 0 fully saturated rings. The summed E-state index contributed by atoms with van der Waals surface area (Å²) >= 11 is 0. The second kappa shape index (κ2) is 5.14. The minimum absolute atomic E-state index is 0.452. The van der Waals surface area contributed by atoms with E-state index < -0.39 is 12.1 Å². The van der Waals surface area contributed by atoms with Gasteiger partial charge >= 0.3 is 5.97 Å². The largest absolute Gasteiger partial charge is 0.479 e. The van der Waals surface area contributed by atoms with Crippen LogP contribution in [0.3, 0.4) is 0 Å². The zero-order valence-electron chi connectivity index (χ0n) is 8.60. The van der Waals surface area contributed by atoms with E-state index >= 15 is 0 Å². The van der Waals surface area contributed by atoms with Crippen molar-refractivity contribution in [2.45, 2.75) is 13.0 Å². The van der Waals surface area contributed by atoms with Crippen molar-refractivity contribution < 1.29 is 19.1 Å². The number of ether oxygens (including phenoxy) is 2. The number of esters is 1. The quantitative estimate of drug-likeness (QED) is 0.555. The number of benzene rings is 1. The summed E-state index contributed by atoms with van der Waals surface area (Å²) in [4.78, 5) is 21.5. The van der Waals surface area contributed by atoms with Gasteiger partial charge < -0.3 is 9.47 Å². The first-order valence-electron chi connectivity index (χ1n) is 4.47. The van der Waals surface area contributed by atoms with Crippen LogP contribution in [-0.4, -0.2) is 25.5 Å². The molecule has 0 radical (unpaired) electrons. The lowest BCUT2D eigenvalue weighted by molar-refractivity contribution is -0.147. The molecule has 1 atom stereocenters. The molecule has 4 heteroatoms. The van der Waals surface area contributed by atoms with Crippen LogP contribution < -0.4 is 4.74 Å². The van der Waals surface area contributed by atoms with Gasteiger partial charge in [0.15, 0.2) is 6.10 Å². The first-order chi connectivity index (χ1) is 7.17. The molecule has 1 rings (SSSR count). The van der Waals surface area contributed by atoms with E-state index in [0.29, 0.717) is 11.3 Å². The van der Waals surface area contributed by atoms with Crippen molar-refractivity contribution in [1.82, 2.24) is 0 Å². The van der Waals surface area contributed by atoms with E-state index in [4.69, 9.17) is 4.74 Å². The molecular formula is C11H12O4. The van der Waals surface area contributed by atoms with Gasteiger partial charge in [-0.3, -0.25) is 4.79 Å². The fourth-order valence-corrected chi connectivity index (χ4v) is 1.08. The molecule has 4 nitrogen and oxygen atoms in total. The van der Waals surface area contributed by atoms with Crippen molar-refractivity contribution in [1.29, 1.82) is 0 Å². The van der Waals surface area contributed by atoms with E-state index in [0.717, 1.165) is 6.29 Å². The fourth-order valence-electron chi connectivity index (χ4n) is 1.08. The summed E-state index contributed by atoms with van der Waals surface area (Å²) in [5, 5.41) is 0. The fraction of sp³-hybridized carbons (Fsp3) is 0.273. The first kappa shape index (κ1) is 11.2. The maximum atomic E-state index is 11.1. The second-order valence-corrected chi connectivity index (χ2v) is 2.97. The van der Waals surface area contributed by atoms with E-state index in [1.165, 1.54) is 7.11 Å². The number of hydrogen-bond donors (Lipinski definition) is 0.